The van der Waals surface area contributed by atoms with Gasteiger partial charge in [0.25, 0.3) is 0 Å². The molecule has 4 heteroatoms. The largest absolute Gasteiger partial charge is 0.466 e. The molecular formula is C17H29NO3. The predicted molar refractivity (Wildman–Crippen MR) is 81.7 cm³/mol. The average molecular weight is 295 g/mol. The van der Waals surface area contributed by atoms with Gasteiger partial charge in [0, 0.05) is 19.0 Å². The molecule has 2 fully saturated rings. The van der Waals surface area contributed by atoms with E-state index < -0.39 is 0 Å². The Kier molecular flexibility index (Phi) is 5.28. The van der Waals surface area contributed by atoms with Crippen LogP contribution in [0.3, 0.4) is 0 Å². The molecular weight excluding hydrogens is 266 g/mol. The molecule has 1 heterocycles. The fraction of sp³-hybridized carbons (Fsp3) is 0.882. The molecule has 0 aromatic carbocycles. The van der Waals surface area contributed by atoms with Gasteiger partial charge in [-0.25, -0.2) is 0 Å². The number of nitrogens with zero attached hydrogens (tertiary/aromatic N) is 1. The van der Waals surface area contributed by atoms with Crippen LogP contribution < -0.4 is 0 Å². The highest BCUT2D eigenvalue weighted by atomic mass is 16.5. The van der Waals surface area contributed by atoms with Crippen LogP contribution in [0, 0.1) is 17.3 Å². The van der Waals surface area contributed by atoms with E-state index in [0.29, 0.717) is 13.2 Å². The number of ether oxygens (including phenoxy) is 1. The number of hydrogen-bond acceptors (Lipinski definition) is 3. The third-order valence-corrected chi connectivity index (χ3v) is 5.16. The highest BCUT2D eigenvalue weighted by molar-refractivity contribution is 5.81. The van der Waals surface area contributed by atoms with Gasteiger partial charge in [0.15, 0.2) is 0 Å². The monoisotopic (exact) mass is 295 g/mol. The van der Waals surface area contributed by atoms with Gasteiger partial charge in [-0.15, -0.1) is 0 Å². The summed E-state index contributed by atoms with van der Waals surface area (Å²) in [5.41, 5.74) is 0.0895. The second kappa shape index (κ2) is 6.80. The first kappa shape index (κ1) is 16.3. The van der Waals surface area contributed by atoms with Crippen molar-refractivity contribution in [1.29, 1.82) is 0 Å². The number of likely N-dealkylation sites (tertiary alicyclic amines) is 1. The Morgan fingerprint density at radius 3 is 2.62 bits per heavy atom. The van der Waals surface area contributed by atoms with Crippen molar-refractivity contribution in [1.82, 2.24) is 4.90 Å². The number of rotatable bonds is 3. The Bertz CT molecular complexity index is 391. The molecule has 1 amide bonds. The molecule has 2 rings (SSSR count). The lowest BCUT2D eigenvalue weighted by Crippen LogP contribution is -2.48. The minimum absolute atomic E-state index is 0.0895. The number of carbonyl (C=O) groups excluding carboxylic acids is 2. The van der Waals surface area contributed by atoms with Crippen molar-refractivity contribution in [2.75, 3.05) is 19.7 Å². The van der Waals surface area contributed by atoms with Crippen molar-refractivity contribution < 1.29 is 14.3 Å². The zero-order valence-electron chi connectivity index (χ0n) is 13.7. The van der Waals surface area contributed by atoms with Gasteiger partial charge in [-0.1, -0.05) is 26.7 Å². The Morgan fingerprint density at radius 2 is 1.95 bits per heavy atom. The molecule has 0 radical (unpaired) electrons. The van der Waals surface area contributed by atoms with Gasteiger partial charge in [0.05, 0.1) is 12.5 Å². The maximum Gasteiger partial charge on any atom is 0.310 e. The van der Waals surface area contributed by atoms with E-state index in [9.17, 15) is 9.59 Å². The minimum Gasteiger partial charge on any atom is -0.466 e. The maximum atomic E-state index is 12.9. The molecule has 1 unspecified atom stereocenters. The molecule has 0 aromatic rings. The van der Waals surface area contributed by atoms with Crippen LogP contribution >= 0.6 is 0 Å². The molecule has 0 N–H and O–H groups in total. The summed E-state index contributed by atoms with van der Waals surface area (Å²) in [5.74, 6) is 0.105. The molecule has 120 valence electrons. The van der Waals surface area contributed by atoms with Crippen molar-refractivity contribution in [2.24, 2.45) is 17.3 Å². The normalized spacial score (nSPS) is 29.0. The summed E-state index contributed by atoms with van der Waals surface area (Å²) in [6.07, 6.45) is 6.24. The Labute approximate surface area is 128 Å². The van der Waals surface area contributed by atoms with Crippen LogP contribution in [-0.2, 0) is 14.3 Å². The zero-order valence-corrected chi connectivity index (χ0v) is 13.7. The van der Waals surface area contributed by atoms with Crippen molar-refractivity contribution >= 4 is 11.9 Å². The van der Waals surface area contributed by atoms with Crippen LogP contribution in [0.1, 0.15) is 59.3 Å². The first-order chi connectivity index (χ1) is 9.95. The summed E-state index contributed by atoms with van der Waals surface area (Å²) in [6, 6.07) is 0. The summed E-state index contributed by atoms with van der Waals surface area (Å²) in [5, 5.41) is 0. The van der Waals surface area contributed by atoms with Crippen molar-refractivity contribution in [3.63, 3.8) is 0 Å². The van der Waals surface area contributed by atoms with Gasteiger partial charge >= 0.3 is 5.97 Å². The van der Waals surface area contributed by atoms with Gasteiger partial charge in [-0.3, -0.25) is 9.59 Å². The second-order valence-corrected chi connectivity index (χ2v) is 7.16. The Balaban J connectivity index is 2.00. The quantitative estimate of drug-likeness (QED) is 0.752. The average Bonchev–Trinajstić information content (AvgIpc) is 2.46. The summed E-state index contributed by atoms with van der Waals surface area (Å²) < 4.78 is 5.12. The van der Waals surface area contributed by atoms with E-state index in [4.69, 9.17) is 4.74 Å². The standard InChI is InChI=1S/C17H29NO3/c1-4-21-16(20)13-8-7-11-18(12-13)15(19)14-9-5-6-10-17(14,2)3/h13-14H,4-12H2,1-3H3/t13-,14?/m1/s1. The van der Waals surface area contributed by atoms with Crippen LogP contribution in [0.25, 0.3) is 0 Å². The van der Waals surface area contributed by atoms with E-state index in [2.05, 4.69) is 13.8 Å². The van der Waals surface area contributed by atoms with Gasteiger partial charge in [0.1, 0.15) is 0 Å². The summed E-state index contributed by atoms with van der Waals surface area (Å²) >= 11 is 0. The van der Waals surface area contributed by atoms with Crippen LogP contribution in [0.4, 0.5) is 0 Å². The molecule has 4 nitrogen and oxygen atoms in total. The highest BCUT2D eigenvalue weighted by Crippen LogP contribution is 2.41. The number of hydrogen-bond donors (Lipinski definition) is 0. The minimum atomic E-state index is -0.141. The van der Waals surface area contributed by atoms with Crippen molar-refractivity contribution in [2.45, 2.75) is 59.3 Å². The van der Waals surface area contributed by atoms with Crippen LogP contribution in [-0.4, -0.2) is 36.5 Å². The molecule has 0 bridgehead atoms. The molecule has 21 heavy (non-hydrogen) atoms. The lowest BCUT2D eigenvalue weighted by atomic mass is 9.68. The van der Waals surface area contributed by atoms with E-state index in [0.717, 1.165) is 38.6 Å². The van der Waals surface area contributed by atoms with E-state index >= 15 is 0 Å². The number of esters is 1. The zero-order chi connectivity index (χ0) is 15.5. The molecule has 1 aliphatic heterocycles. The fourth-order valence-corrected chi connectivity index (χ4v) is 3.80. The van der Waals surface area contributed by atoms with Crippen LogP contribution in [0.15, 0.2) is 0 Å². The lowest BCUT2D eigenvalue weighted by molar-refractivity contribution is -0.153. The fourth-order valence-electron chi connectivity index (χ4n) is 3.80. The predicted octanol–water partition coefficient (Wildman–Crippen LogP) is 3.00. The van der Waals surface area contributed by atoms with Gasteiger partial charge in [0.2, 0.25) is 5.91 Å². The Morgan fingerprint density at radius 1 is 1.19 bits per heavy atom. The number of piperidine rings is 1. The van der Waals surface area contributed by atoms with E-state index in [1.54, 1.807) is 0 Å². The van der Waals surface area contributed by atoms with Crippen molar-refractivity contribution in [3.8, 4) is 0 Å². The van der Waals surface area contributed by atoms with Crippen LogP contribution in [0.2, 0.25) is 0 Å². The molecule has 1 saturated carbocycles. The van der Waals surface area contributed by atoms with Crippen LogP contribution in [0.5, 0.6) is 0 Å². The maximum absolute atomic E-state index is 12.9. The first-order valence-corrected chi connectivity index (χ1v) is 8.41. The third-order valence-electron chi connectivity index (χ3n) is 5.16. The molecule has 0 aromatic heterocycles. The van der Waals surface area contributed by atoms with Gasteiger partial charge in [-0.2, -0.15) is 0 Å². The summed E-state index contributed by atoms with van der Waals surface area (Å²) in [4.78, 5) is 26.7. The number of amides is 1. The van der Waals surface area contributed by atoms with E-state index in [1.807, 2.05) is 11.8 Å². The Hall–Kier alpha value is -1.06. The number of carbonyl (C=O) groups is 2. The SMILES string of the molecule is CCOC(=O)[C@@H]1CCCN(C(=O)C2CCCCC2(C)C)C1. The molecule has 1 aliphatic carbocycles. The van der Waals surface area contributed by atoms with E-state index in [-0.39, 0.29) is 29.1 Å². The third kappa shape index (κ3) is 3.78. The van der Waals surface area contributed by atoms with Crippen molar-refractivity contribution in [3.05, 3.63) is 0 Å². The van der Waals surface area contributed by atoms with E-state index in [1.165, 1.54) is 6.42 Å². The smallest absolute Gasteiger partial charge is 0.310 e. The lowest BCUT2D eigenvalue weighted by Gasteiger charge is -2.42. The second-order valence-electron chi connectivity index (χ2n) is 7.16. The summed E-state index contributed by atoms with van der Waals surface area (Å²) in [7, 11) is 0. The molecule has 2 aliphatic rings. The first-order valence-electron chi connectivity index (χ1n) is 8.41. The topological polar surface area (TPSA) is 46.6 Å². The van der Waals surface area contributed by atoms with Gasteiger partial charge in [-0.05, 0) is 38.0 Å². The van der Waals surface area contributed by atoms with Gasteiger partial charge < -0.3 is 9.64 Å². The molecule has 0 spiro atoms. The summed E-state index contributed by atoms with van der Waals surface area (Å²) in [6.45, 7) is 8.00. The molecule has 1 saturated heterocycles. The molecule has 2 atom stereocenters. The highest BCUT2D eigenvalue weighted by Gasteiger charge is 2.40.